The summed E-state index contributed by atoms with van der Waals surface area (Å²) in [5.74, 6) is 0.962. The summed E-state index contributed by atoms with van der Waals surface area (Å²) in [6.07, 6.45) is 8.01. The van der Waals surface area contributed by atoms with Crippen LogP contribution in [0.5, 0.6) is 0 Å². The topological polar surface area (TPSA) is 39.1 Å². The first kappa shape index (κ1) is 11.9. The molecule has 2 rings (SSSR count). The van der Waals surface area contributed by atoms with E-state index in [0.29, 0.717) is 0 Å². The highest BCUT2D eigenvalue weighted by molar-refractivity contribution is 4.92. The lowest BCUT2D eigenvalue weighted by molar-refractivity contribution is 0.110. The van der Waals surface area contributed by atoms with E-state index < -0.39 is 0 Å². The molecule has 0 aromatic rings. The van der Waals surface area contributed by atoms with Crippen molar-refractivity contribution in [3.05, 3.63) is 0 Å². The van der Waals surface area contributed by atoms with Gasteiger partial charge in [-0.1, -0.05) is 6.42 Å². The minimum absolute atomic E-state index is 0.0294. The molecule has 0 spiro atoms. The van der Waals surface area contributed by atoms with E-state index in [2.05, 4.69) is 16.3 Å². The van der Waals surface area contributed by atoms with Gasteiger partial charge >= 0.3 is 0 Å². The Bertz CT molecular complexity index is 258. The standard InChI is InChI=1S/C13H23N3/c1-15-12(10-14)7-9-16-8-3-5-11-4-2-6-13(11)16/h11-13,15H,2-9H2,1H3. The van der Waals surface area contributed by atoms with Crippen LogP contribution in [0.3, 0.4) is 0 Å². The van der Waals surface area contributed by atoms with E-state index >= 15 is 0 Å². The van der Waals surface area contributed by atoms with E-state index in [1.54, 1.807) is 0 Å². The lowest BCUT2D eigenvalue weighted by Gasteiger charge is -2.38. The monoisotopic (exact) mass is 221 g/mol. The van der Waals surface area contributed by atoms with Gasteiger partial charge in [-0.3, -0.25) is 0 Å². The highest BCUT2D eigenvalue weighted by atomic mass is 15.2. The quantitative estimate of drug-likeness (QED) is 0.786. The number of hydrogen-bond donors (Lipinski definition) is 1. The fourth-order valence-corrected chi connectivity index (χ4v) is 3.40. The van der Waals surface area contributed by atoms with E-state index in [4.69, 9.17) is 5.26 Å². The fraction of sp³-hybridized carbons (Fsp3) is 0.923. The van der Waals surface area contributed by atoms with Crippen LogP contribution in [0.2, 0.25) is 0 Å². The molecule has 1 saturated heterocycles. The summed E-state index contributed by atoms with van der Waals surface area (Å²) < 4.78 is 0. The molecule has 3 nitrogen and oxygen atoms in total. The van der Waals surface area contributed by atoms with Crippen molar-refractivity contribution in [3.63, 3.8) is 0 Å². The van der Waals surface area contributed by atoms with Gasteiger partial charge in [0.1, 0.15) is 0 Å². The molecule has 3 heteroatoms. The smallest absolute Gasteiger partial charge is 0.0962 e. The predicted octanol–water partition coefficient (Wildman–Crippen LogP) is 1.75. The zero-order valence-electron chi connectivity index (χ0n) is 10.3. The van der Waals surface area contributed by atoms with Gasteiger partial charge in [0.25, 0.3) is 0 Å². The largest absolute Gasteiger partial charge is 0.305 e. The van der Waals surface area contributed by atoms with Crippen LogP contribution in [0.4, 0.5) is 0 Å². The third-order valence-corrected chi connectivity index (χ3v) is 4.32. The molecular weight excluding hydrogens is 198 g/mol. The van der Waals surface area contributed by atoms with Crippen LogP contribution in [0.15, 0.2) is 0 Å². The molecule has 1 aliphatic heterocycles. The fourth-order valence-electron chi connectivity index (χ4n) is 3.40. The first-order chi connectivity index (χ1) is 7.85. The second-order valence-electron chi connectivity index (χ2n) is 5.20. The van der Waals surface area contributed by atoms with Crippen molar-refractivity contribution in [2.45, 2.75) is 50.6 Å². The number of hydrogen-bond acceptors (Lipinski definition) is 3. The van der Waals surface area contributed by atoms with Gasteiger partial charge in [0.15, 0.2) is 0 Å². The molecule has 2 aliphatic rings. The van der Waals surface area contributed by atoms with Crippen molar-refractivity contribution in [1.82, 2.24) is 10.2 Å². The highest BCUT2D eigenvalue weighted by Crippen LogP contribution is 2.36. The van der Waals surface area contributed by atoms with Crippen LogP contribution < -0.4 is 5.32 Å². The van der Waals surface area contributed by atoms with Gasteiger partial charge in [0.05, 0.1) is 12.1 Å². The van der Waals surface area contributed by atoms with E-state index in [-0.39, 0.29) is 6.04 Å². The number of fused-ring (bicyclic) bond motifs is 1. The molecule has 3 unspecified atom stereocenters. The summed E-state index contributed by atoms with van der Waals surface area (Å²) in [4.78, 5) is 2.64. The molecular formula is C13H23N3. The summed E-state index contributed by atoms with van der Waals surface area (Å²) in [6.45, 7) is 2.35. The number of likely N-dealkylation sites (tertiary alicyclic amines) is 1. The molecule has 0 bridgehead atoms. The van der Waals surface area contributed by atoms with Crippen LogP contribution in [-0.2, 0) is 0 Å². The van der Waals surface area contributed by atoms with Crippen molar-refractivity contribution >= 4 is 0 Å². The molecule has 3 atom stereocenters. The predicted molar refractivity (Wildman–Crippen MR) is 65.0 cm³/mol. The number of rotatable bonds is 4. The van der Waals surface area contributed by atoms with Crippen LogP contribution in [0.1, 0.15) is 38.5 Å². The van der Waals surface area contributed by atoms with Crippen LogP contribution in [0.25, 0.3) is 0 Å². The van der Waals surface area contributed by atoms with Gasteiger partial charge < -0.3 is 10.2 Å². The zero-order valence-corrected chi connectivity index (χ0v) is 10.3. The minimum Gasteiger partial charge on any atom is -0.305 e. The third kappa shape index (κ3) is 2.56. The molecule has 1 aliphatic carbocycles. The zero-order chi connectivity index (χ0) is 11.4. The SMILES string of the molecule is CNC(C#N)CCN1CCCC2CCCC21. The maximum Gasteiger partial charge on any atom is 0.0962 e. The molecule has 0 amide bonds. The van der Waals surface area contributed by atoms with Gasteiger partial charge in [-0.25, -0.2) is 0 Å². The van der Waals surface area contributed by atoms with Crippen LogP contribution in [-0.4, -0.2) is 37.1 Å². The second-order valence-corrected chi connectivity index (χ2v) is 5.20. The van der Waals surface area contributed by atoms with Gasteiger partial charge in [-0.05, 0) is 51.6 Å². The maximum atomic E-state index is 8.91. The molecule has 1 saturated carbocycles. The molecule has 90 valence electrons. The second kappa shape index (κ2) is 5.65. The van der Waals surface area contributed by atoms with Gasteiger partial charge in [0, 0.05) is 12.6 Å². The molecule has 0 aromatic carbocycles. The molecule has 1 N–H and O–H groups in total. The average molecular weight is 221 g/mol. The van der Waals surface area contributed by atoms with Crippen molar-refractivity contribution < 1.29 is 0 Å². The van der Waals surface area contributed by atoms with Gasteiger partial charge in [0.2, 0.25) is 0 Å². The minimum atomic E-state index is 0.0294. The number of nitrogens with zero attached hydrogens (tertiary/aromatic N) is 2. The summed E-state index contributed by atoms with van der Waals surface area (Å²) >= 11 is 0. The Morgan fingerprint density at radius 3 is 2.94 bits per heavy atom. The van der Waals surface area contributed by atoms with Crippen molar-refractivity contribution in [1.29, 1.82) is 5.26 Å². The summed E-state index contributed by atoms with van der Waals surface area (Å²) in [5.41, 5.74) is 0. The van der Waals surface area contributed by atoms with Gasteiger partial charge in [-0.15, -0.1) is 0 Å². The molecule has 16 heavy (non-hydrogen) atoms. The Labute approximate surface area is 98.8 Å². The first-order valence-electron chi connectivity index (χ1n) is 6.66. The Morgan fingerprint density at radius 1 is 1.38 bits per heavy atom. The number of nitriles is 1. The normalized spacial score (nSPS) is 32.0. The lowest BCUT2D eigenvalue weighted by atomic mass is 9.92. The summed E-state index contributed by atoms with van der Waals surface area (Å²) in [6, 6.07) is 3.18. The Kier molecular flexibility index (Phi) is 4.20. The van der Waals surface area contributed by atoms with Gasteiger partial charge in [-0.2, -0.15) is 5.26 Å². The van der Waals surface area contributed by atoms with Crippen LogP contribution >= 0.6 is 0 Å². The maximum absolute atomic E-state index is 8.91. The van der Waals surface area contributed by atoms with E-state index in [1.165, 1.54) is 38.6 Å². The van der Waals surface area contributed by atoms with E-state index in [0.717, 1.165) is 24.9 Å². The molecule has 1 heterocycles. The van der Waals surface area contributed by atoms with E-state index in [9.17, 15) is 0 Å². The van der Waals surface area contributed by atoms with Crippen molar-refractivity contribution in [2.75, 3.05) is 20.1 Å². The van der Waals surface area contributed by atoms with Crippen LogP contribution in [0, 0.1) is 17.2 Å². The molecule has 0 aromatic heterocycles. The average Bonchev–Trinajstić information content (AvgIpc) is 2.79. The number of nitrogens with one attached hydrogen (secondary N) is 1. The van der Waals surface area contributed by atoms with Crippen molar-refractivity contribution in [3.8, 4) is 6.07 Å². The molecule has 0 radical (unpaired) electrons. The van der Waals surface area contributed by atoms with E-state index in [1.807, 2.05) is 7.05 Å². The lowest BCUT2D eigenvalue weighted by Crippen LogP contribution is -2.44. The summed E-state index contributed by atoms with van der Waals surface area (Å²) in [5, 5.41) is 12.0. The Morgan fingerprint density at radius 2 is 2.19 bits per heavy atom. The Hall–Kier alpha value is -0.590. The molecule has 2 fully saturated rings. The third-order valence-electron chi connectivity index (χ3n) is 4.32. The highest BCUT2D eigenvalue weighted by Gasteiger charge is 2.34. The Balaban J connectivity index is 1.82. The van der Waals surface area contributed by atoms with Crippen molar-refractivity contribution in [2.24, 2.45) is 5.92 Å². The number of piperidine rings is 1. The summed E-state index contributed by atoms with van der Waals surface area (Å²) in [7, 11) is 1.88. The first-order valence-corrected chi connectivity index (χ1v) is 6.66.